The van der Waals surface area contributed by atoms with Crippen LogP contribution < -0.4 is 0 Å². The molecule has 1 fully saturated rings. The number of aromatic nitrogens is 2. The third-order valence-corrected chi connectivity index (χ3v) is 4.22. The number of ether oxygens (including phenoxy) is 1. The summed E-state index contributed by atoms with van der Waals surface area (Å²) in [6.07, 6.45) is 4.09. The highest BCUT2D eigenvalue weighted by Crippen LogP contribution is 2.40. The Hall–Kier alpha value is -2.19. The number of benzene rings is 1. The Morgan fingerprint density at radius 3 is 2.71 bits per heavy atom. The van der Waals surface area contributed by atoms with Crippen molar-refractivity contribution >= 4 is 0 Å². The van der Waals surface area contributed by atoms with Crippen molar-refractivity contribution in [3.05, 3.63) is 35.2 Å². The van der Waals surface area contributed by atoms with Crippen molar-refractivity contribution in [2.24, 2.45) is 0 Å². The van der Waals surface area contributed by atoms with Crippen LogP contribution in [0.3, 0.4) is 0 Å². The molecule has 108 valence electrons. The predicted molar refractivity (Wildman–Crippen MR) is 76.3 cm³/mol. The molecule has 0 amide bonds. The van der Waals surface area contributed by atoms with Gasteiger partial charge in [0.2, 0.25) is 5.82 Å². The molecule has 1 saturated carbocycles. The van der Waals surface area contributed by atoms with Crippen LogP contribution in [-0.4, -0.2) is 17.3 Å². The second-order valence-corrected chi connectivity index (χ2v) is 5.47. The summed E-state index contributed by atoms with van der Waals surface area (Å²) >= 11 is 0. The third kappa shape index (κ3) is 2.32. The zero-order valence-electron chi connectivity index (χ0n) is 12.2. The van der Waals surface area contributed by atoms with E-state index in [-0.39, 0.29) is 0 Å². The number of methoxy groups -OCH3 is 1. The zero-order valence-corrected chi connectivity index (χ0v) is 12.2. The summed E-state index contributed by atoms with van der Waals surface area (Å²) in [4.78, 5) is 4.54. The maximum Gasteiger partial charge on any atom is 0.258 e. The van der Waals surface area contributed by atoms with Crippen LogP contribution in [0, 0.1) is 18.3 Å². The van der Waals surface area contributed by atoms with Gasteiger partial charge in [-0.15, -0.1) is 0 Å². The van der Waals surface area contributed by atoms with Crippen molar-refractivity contribution in [3.8, 4) is 17.5 Å². The molecule has 3 rings (SSSR count). The van der Waals surface area contributed by atoms with Gasteiger partial charge >= 0.3 is 0 Å². The van der Waals surface area contributed by atoms with Crippen LogP contribution in [0.4, 0.5) is 0 Å². The largest absolute Gasteiger partial charge is 0.370 e. The topological polar surface area (TPSA) is 71.9 Å². The van der Waals surface area contributed by atoms with E-state index in [0.29, 0.717) is 17.3 Å². The monoisotopic (exact) mass is 283 g/mol. The van der Waals surface area contributed by atoms with E-state index in [4.69, 9.17) is 14.5 Å². The summed E-state index contributed by atoms with van der Waals surface area (Å²) in [6, 6.07) is 7.55. The van der Waals surface area contributed by atoms with Gasteiger partial charge in [-0.2, -0.15) is 10.2 Å². The number of nitrogens with zero attached hydrogens (tertiary/aromatic N) is 3. The van der Waals surface area contributed by atoms with Crippen molar-refractivity contribution in [1.29, 1.82) is 5.26 Å². The van der Waals surface area contributed by atoms with Gasteiger partial charge < -0.3 is 9.26 Å². The molecule has 0 unspecified atom stereocenters. The van der Waals surface area contributed by atoms with Gasteiger partial charge in [-0.1, -0.05) is 5.16 Å². The summed E-state index contributed by atoms with van der Waals surface area (Å²) in [5, 5.41) is 13.0. The van der Waals surface area contributed by atoms with Crippen LogP contribution in [0.5, 0.6) is 0 Å². The first kappa shape index (κ1) is 13.8. The first-order chi connectivity index (χ1) is 10.2. The molecule has 21 heavy (non-hydrogen) atoms. The highest BCUT2D eigenvalue weighted by molar-refractivity contribution is 5.60. The lowest BCUT2D eigenvalue weighted by molar-refractivity contribution is -0.0178. The molecule has 1 aromatic carbocycles. The lowest BCUT2D eigenvalue weighted by Crippen LogP contribution is -2.25. The fourth-order valence-corrected chi connectivity index (χ4v) is 2.96. The Bertz CT molecular complexity index is 694. The third-order valence-electron chi connectivity index (χ3n) is 4.22. The highest BCUT2D eigenvalue weighted by Gasteiger charge is 2.40. The molecule has 5 heteroatoms. The van der Waals surface area contributed by atoms with Crippen LogP contribution in [0.2, 0.25) is 0 Å². The molecule has 2 aromatic rings. The van der Waals surface area contributed by atoms with E-state index in [1.165, 1.54) is 0 Å². The Morgan fingerprint density at radius 1 is 1.33 bits per heavy atom. The summed E-state index contributed by atoms with van der Waals surface area (Å²) in [6.45, 7) is 1.93. The van der Waals surface area contributed by atoms with Gasteiger partial charge in [0.1, 0.15) is 5.60 Å². The van der Waals surface area contributed by atoms with Gasteiger partial charge in [0.15, 0.2) is 0 Å². The smallest absolute Gasteiger partial charge is 0.258 e. The van der Waals surface area contributed by atoms with E-state index >= 15 is 0 Å². The van der Waals surface area contributed by atoms with E-state index < -0.39 is 5.60 Å². The summed E-state index contributed by atoms with van der Waals surface area (Å²) in [5.74, 6) is 1.11. The highest BCUT2D eigenvalue weighted by atomic mass is 16.5. The molecule has 0 bridgehead atoms. The molecular formula is C16H17N3O2. The SMILES string of the molecule is COC1(c2noc(-c3ccc(C#N)cc3C)n2)CCCC1. The van der Waals surface area contributed by atoms with Crippen LogP contribution in [0.15, 0.2) is 22.7 Å². The minimum absolute atomic E-state index is 0.401. The van der Waals surface area contributed by atoms with E-state index in [1.807, 2.05) is 19.1 Å². The Labute approximate surface area is 123 Å². The Morgan fingerprint density at radius 2 is 2.10 bits per heavy atom. The van der Waals surface area contributed by atoms with Crippen molar-refractivity contribution in [3.63, 3.8) is 0 Å². The van der Waals surface area contributed by atoms with Gasteiger partial charge in [0, 0.05) is 12.7 Å². The summed E-state index contributed by atoms with van der Waals surface area (Å²) in [5.41, 5.74) is 2.03. The first-order valence-electron chi connectivity index (χ1n) is 7.09. The second-order valence-electron chi connectivity index (χ2n) is 5.47. The van der Waals surface area contributed by atoms with Crippen molar-refractivity contribution < 1.29 is 9.26 Å². The molecule has 0 N–H and O–H groups in total. The number of hydrogen-bond acceptors (Lipinski definition) is 5. The van der Waals surface area contributed by atoms with E-state index in [9.17, 15) is 0 Å². The van der Waals surface area contributed by atoms with Crippen LogP contribution in [-0.2, 0) is 10.3 Å². The minimum atomic E-state index is -0.401. The van der Waals surface area contributed by atoms with Crippen molar-refractivity contribution in [2.45, 2.75) is 38.2 Å². The molecule has 0 atom stereocenters. The molecule has 1 aliphatic carbocycles. The molecule has 1 aromatic heterocycles. The van der Waals surface area contributed by atoms with Crippen molar-refractivity contribution in [1.82, 2.24) is 10.1 Å². The van der Waals surface area contributed by atoms with E-state index in [0.717, 1.165) is 36.8 Å². The molecule has 0 saturated heterocycles. The predicted octanol–water partition coefficient (Wildman–Crippen LogP) is 3.33. The molecule has 0 spiro atoms. The molecule has 5 nitrogen and oxygen atoms in total. The quantitative estimate of drug-likeness (QED) is 0.864. The van der Waals surface area contributed by atoms with Crippen LogP contribution in [0.25, 0.3) is 11.5 Å². The zero-order chi connectivity index (χ0) is 14.9. The first-order valence-corrected chi connectivity index (χ1v) is 7.09. The summed E-state index contributed by atoms with van der Waals surface area (Å²) < 4.78 is 11.1. The fourth-order valence-electron chi connectivity index (χ4n) is 2.96. The number of hydrogen-bond donors (Lipinski definition) is 0. The maximum absolute atomic E-state index is 8.92. The van der Waals surface area contributed by atoms with Gasteiger partial charge in [-0.05, 0) is 56.4 Å². The number of rotatable bonds is 3. The van der Waals surface area contributed by atoms with Crippen molar-refractivity contribution in [2.75, 3.05) is 7.11 Å². The van der Waals surface area contributed by atoms with Crippen LogP contribution in [0.1, 0.15) is 42.6 Å². The molecule has 0 aliphatic heterocycles. The molecule has 1 heterocycles. The molecular weight excluding hydrogens is 266 g/mol. The maximum atomic E-state index is 8.92. The lowest BCUT2D eigenvalue weighted by atomic mass is 10.0. The normalized spacial score (nSPS) is 16.8. The van der Waals surface area contributed by atoms with Crippen LogP contribution >= 0.6 is 0 Å². The average Bonchev–Trinajstić information content (AvgIpc) is 3.16. The Kier molecular flexibility index (Phi) is 3.48. The van der Waals surface area contributed by atoms with E-state index in [2.05, 4.69) is 16.2 Å². The standard InChI is InChI=1S/C16H17N3O2/c1-11-9-12(10-17)5-6-13(11)14-18-15(19-21-14)16(20-2)7-3-4-8-16/h5-6,9H,3-4,7-8H2,1-2H3. The second kappa shape index (κ2) is 5.30. The van der Waals surface area contributed by atoms with Gasteiger partial charge in [0.25, 0.3) is 5.89 Å². The van der Waals surface area contributed by atoms with Gasteiger partial charge in [-0.3, -0.25) is 0 Å². The average molecular weight is 283 g/mol. The number of aryl methyl sites for hydroxylation is 1. The molecule has 1 aliphatic rings. The minimum Gasteiger partial charge on any atom is -0.370 e. The summed E-state index contributed by atoms with van der Waals surface area (Å²) in [7, 11) is 1.70. The van der Waals surface area contributed by atoms with Gasteiger partial charge in [-0.25, -0.2) is 0 Å². The Balaban J connectivity index is 1.97. The molecule has 0 radical (unpaired) electrons. The van der Waals surface area contributed by atoms with Gasteiger partial charge in [0.05, 0.1) is 11.6 Å². The lowest BCUT2D eigenvalue weighted by Gasteiger charge is -2.22. The van der Waals surface area contributed by atoms with E-state index in [1.54, 1.807) is 13.2 Å². The fraction of sp³-hybridized carbons (Fsp3) is 0.438. The number of nitriles is 1.